The first-order valence-electron chi connectivity index (χ1n) is 7.56. The minimum absolute atomic E-state index is 0.0105. The number of nitrogens with zero attached hydrogens (tertiary/aromatic N) is 1. The van der Waals surface area contributed by atoms with Crippen molar-refractivity contribution in [3.05, 3.63) is 59.4 Å². The first kappa shape index (κ1) is 17.6. The number of hydrogen-bond donors (Lipinski definition) is 2. The van der Waals surface area contributed by atoms with E-state index in [1.54, 1.807) is 6.07 Å². The zero-order valence-electron chi connectivity index (χ0n) is 13.6. The number of carbonyl (C=O) groups is 2. The van der Waals surface area contributed by atoms with E-state index in [1.165, 1.54) is 42.5 Å². The van der Waals surface area contributed by atoms with Gasteiger partial charge in [-0.05, 0) is 30.5 Å². The van der Waals surface area contributed by atoms with Crippen LogP contribution in [-0.2, 0) is 4.79 Å². The van der Waals surface area contributed by atoms with Gasteiger partial charge in [0.15, 0.2) is 29.1 Å². The van der Waals surface area contributed by atoms with Crippen molar-refractivity contribution in [2.24, 2.45) is 0 Å². The molecule has 3 rings (SSSR count). The van der Waals surface area contributed by atoms with Gasteiger partial charge >= 0.3 is 0 Å². The largest absolute Gasteiger partial charge is 0.478 e. The summed E-state index contributed by atoms with van der Waals surface area (Å²) in [4.78, 5) is 24.8. The summed E-state index contributed by atoms with van der Waals surface area (Å²) in [6.45, 7) is 1.43. The fourth-order valence-electron chi connectivity index (χ4n) is 1.99. The maximum Gasteiger partial charge on any atom is 0.291 e. The fourth-order valence-corrected chi connectivity index (χ4v) is 2.66. The Kier molecular flexibility index (Phi) is 5.28. The summed E-state index contributed by atoms with van der Waals surface area (Å²) in [5.74, 6) is -1.49. The molecule has 26 heavy (non-hydrogen) atoms. The lowest BCUT2D eigenvalue weighted by molar-refractivity contribution is -0.128. The molecular weight excluding hydrogens is 361 g/mol. The van der Waals surface area contributed by atoms with Crippen molar-refractivity contribution in [2.45, 2.75) is 13.0 Å². The Labute approximate surface area is 151 Å². The van der Waals surface area contributed by atoms with Gasteiger partial charge in [0.25, 0.3) is 11.8 Å². The van der Waals surface area contributed by atoms with Crippen LogP contribution < -0.4 is 15.6 Å². The second-order valence-corrected chi connectivity index (χ2v) is 6.14. The molecule has 0 aliphatic rings. The monoisotopic (exact) mass is 375 g/mol. The van der Waals surface area contributed by atoms with E-state index in [2.05, 4.69) is 16.0 Å². The third-order valence-electron chi connectivity index (χ3n) is 3.32. The average Bonchev–Trinajstić information content (AvgIpc) is 3.32. The molecule has 2 N–H and O–H groups in total. The van der Waals surface area contributed by atoms with E-state index in [-0.39, 0.29) is 11.4 Å². The van der Waals surface area contributed by atoms with Gasteiger partial charge in [-0.1, -0.05) is 23.4 Å². The molecule has 2 aromatic heterocycles. The average molecular weight is 375 g/mol. The zero-order chi connectivity index (χ0) is 18.5. The van der Waals surface area contributed by atoms with Crippen molar-refractivity contribution in [3.8, 4) is 16.4 Å². The van der Waals surface area contributed by atoms with E-state index in [0.29, 0.717) is 5.76 Å². The van der Waals surface area contributed by atoms with Crippen LogP contribution in [0.3, 0.4) is 0 Å². The molecule has 0 aliphatic carbocycles. The fraction of sp³-hybridized carbons (Fsp3) is 0.118. The number of nitrogens with one attached hydrogen (secondary N) is 2. The molecule has 1 atom stereocenters. The van der Waals surface area contributed by atoms with Crippen LogP contribution in [0, 0.1) is 5.82 Å². The van der Waals surface area contributed by atoms with Crippen molar-refractivity contribution in [1.82, 2.24) is 16.0 Å². The van der Waals surface area contributed by atoms with Crippen LogP contribution in [0.25, 0.3) is 10.6 Å². The van der Waals surface area contributed by atoms with Crippen molar-refractivity contribution in [1.29, 1.82) is 0 Å². The standard InChI is InChI=1S/C17H14FN3O4S/c1-10(24-13-6-3-2-5-11(13)18)16(22)19-20-17(23)12-9-14(25-21-12)15-7-4-8-26-15/h2-10H,1H3,(H,19,22)(H,20,23). The van der Waals surface area contributed by atoms with Crippen LogP contribution in [-0.4, -0.2) is 23.1 Å². The zero-order valence-corrected chi connectivity index (χ0v) is 14.4. The molecule has 2 heterocycles. The lowest BCUT2D eigenvalue weighted by Gasteiger charge is -2.15. The molecule has 0 bridgehead atoms. The van der Waals surface area contributed by atoms with E-state index in [0.717, 1.165) is 4.88 Å². The number of thiophene rings is 1. The lowest BCUT2D eigenvalue weighted by atomic mass is 10.3. The number of hydrogen-bond acceptors (Lipinski definition) is 6. The number of amides is 2. The third kappa shape index (κ3) is 4.06. The van der Waals surface area contributed by atoms with Gasteiger partial charge in [0.05, 0.1) is 4.88 Å². The Morgan fingerprint density at radius 3 is 2.77 bits per heavy atom. The van der Waals surface area contributed by atoms with Crippen molar-refractivity contribution < 1.29 is 23.2 Å². The van der Waals surface area contributed by atoms with Crippen LogP contribution in [0.5, 0.6) is 5.75 Å². The maximum absolute atomic E-state index is 13.5. The molecule has 0 aliphatic heterocycles. The van der Waals surface area contributed by atoms with Gasteiger partial charge in [0, 0.05) is 6.07 Å². The molecule has 1 aromatic carbocycles. The van der Waals surface area contributed by atoms with Gasteiger partial charge < -0.3 is 9.26 Å². The highest BCUT2D eigenvalue weighted by Crippen LogP contribution is 2.25. The molecule has 134 valence electrons. The quantitative estimate of drug-likeness (QED) is 0.669. The van der Waals surface area contributed by atoms with Crippen LogP contribution in [0.2, 0.25) is 0 Å². The number of benzene rings is 1. The molecule has 0 saturated heterocycles. The Morgan fingerprint density at radius 2 is 2.04 bits per heavy atom. The molecule has 0 spiro atoms. The second-order valence-electron chi connectivity index (χ2n) is 5.19. The van der Waals surface area contributed by atoms with Crippen LogP contribution in [0.1, 0.15) is 17.4 Å². The first-order valence-corrected chi connectivity index (χ1v) is 8.44. The minimum Gasteiger partial charge on any atom is -0.478 e. The van der Waals surface area contributed by atoms with E-state index < -0.39 is 23.7 Å². The third-order valence-corrected chi connectivity index (χ3v) is 4.20. The number of hydrazine groups is 1. The summed E-state index contributed by atoms with van der Waals surface area (Å²) in [6, 6.07) is 10.9. The van der Waals surface area contributed by atoms with E-state index in [9.17, 15) is 14.0 Å². The lowest BCUT2D eigenvalue weighted by Crippen LogP contribution is -2.47. The summed E-state index contributed by atoms with van der Waals surface area (Å²) in [5, 5.41) is 5.53. The number of para-hydroxylation sites is 1. The molecule has 2 amide bonds. The van der Waals surface area contributed by atoms with Crippen LogP contribution in [0.15, 0.2) is 52.4 Å². The number of halogens is 1. The first-order chi connectivity index (χ1) is 12.5. The van der Waals surface area contributed by atoms with E-state index in [4.69, 9.17) is 9.26 Å². The minimum atomic E-state index is -1.02. The predicted octanol–water partition coefficient (Wildman–Crippen LogP) is 2.77. The molecule has 0 saturated carbocycles. The van der Waals surface area contributed by atoms with Gasteiger partial charge in [0.1, 0.15) is 0 Å². The number of aromatic nitrogens is 1. The normalized spacial score (nSPS) is 11.6. The topological polar surface area (TPSA) is 93.5 Å². The highest BCUT2D eigenvalue weighted by atomic mass is 32.1. The van der Waals surface area contributed by atoms with Crippen molar-refractivity contribution >= 4 is 23.2 Å². The molecule has 7 nitrogen and oxygen atoms in total. The van der Waals surface area contributed by atoms with E-state index >= 15 is 0 Å². The maximum atomic E-state index is 13.5. The smallest absolute Gasteiger partial charge is 0.291 e. The van der Waals surface area contributed by atoms with Crippen LogP contribution in [0.4, 0.5) is 4.39 Å². The summed E-state index contributed by atoms with van der Waals surface area (Å²) < 4.78 is 23.8. The molecule has 0 fully saturated rings. The predicted molar refractivity (Wildman–Crippen MR) is 91.9 cm³/mol. The number of rotatable bonds is 5. The van der Waals surface area contributed by atoms with Gasteiger partial charge in [-0.3, -0.25) is 20.4 Å². The van der Waals surface area contributed by atoms with Gasteiger partial charge in [-0.15, -0.1) is 11.3 Å². The summed E-state index contributed by atoms with van der Waals surface area (Å²) in [6.07, 6.45) is -1.02. The Morgan fingerprint density at radius 1 is 1.23 bits per heavy atom. The highest BCUT2D eigenvalue weighted by Gasteiger charge is 2.19. The van der Waals surface area contributed by atoms with Gasteiger partial charge in [-0.2, -0.15) is 0 Å². The van der Waals surface area contributed by atoms with Crippen molar-refractivity contribution in [2.75, 3.05) is 0 Å². The summed E-state index contributed by atoms with van der Waals surface area (Å²) in [5.41, 5.74) is 4.42. The Bertz CT molecular complexity index is 910. The second kappa shape index (κ2) is 7.79. The van der Waals surface area contributed by atoms with Gasteiger partial charge in [-0.25, -0.2) is 4.39 Å². The van der Waals surface area contributed by atoms with Crippen molar-refractivity contribution in [3.63, 3.8) is 0 Å². The molecular formula is C17H14FN3O4S. The number of carbonyl (C=O) groups excluding carboxylic acids is 2. The Hall–Kier alpha value is -3.20. The van der Waals surface area contributed by atoms with Gasteiger partial charge in [0.2, 0.25) is 0 Å². The molecule has 9 heteroatoms. The summed E-state index contributed by atoms with van der Waals surface area (Å²) >= 11 is 1.44. The van der Waals surface area contributed by atoms with E-state index in [1.807, 2.05) is 17.5 Å². The number of ether oxygens (including phenoxy) is 1. The molecule has 1 unspecified atom stereocenters. The highest BCUT2D eigenvalue weighted by molar-refractivity contribution is 7.13. The molecule has 0 radical (unpaired) electrons. The summed E-state index contributed by atoms with van der Waals surface area (Å²) in [7, 11) is 0. The van der Waals surface area contributed by atoms with Crippen LogP contribution >= 0.6 is 11.3 Å². The molecule has 3 aromatic rings. The Balaban J connectivity index is 1.54. The SMILES string of the molecule is CC(Oc1ccccc1F)C(=O)NNC(=O)c1cc(-c2cccs2)on1.